The Morgan fingerprint density at radius 3 is 2.74 bits per heavy atom. The SMILES string of the molecule is CCCNc1cncc(NC(C)c2nc(C)cs2)n1. The number of nitrogens with zero attached hydrogens (tertiary/aromatic N) is 3. The Balaban J connectivity index is 2.02. The van der Waals surface area contributed by atoms with Crippen molar-refractivity contribution in [3.63, 3.8) is 0 Å². The molecule has 1 unspecified atom stereocenters. The average Bonchev–Trinajstić information content (AvgIpc) is 2.83. The lowest BCUT2D eigenvalue weighted by Gasteiger charge is -2.12. The highest BCUT2D eigenvalue weighted by molar-refractivity contribution is 7.09. The highest BCUT2D eigenvalue weighted by atomic mass is 32.1. The van der Waals surface area contributed by atoms with Gasteiger partial charge in [-0.25, -0.2) is 9.97 Å². The summed E-state index contributed by atoms with van der Waals surface area (Å²) < 4.78 is 0. The highest BCUT2D eigenvalue weighted by Gasteiger charge is 2.10. The van der Waals surface area contributed by atoms with Gasteiger partial charge < -0.3 is 10.6 Å². The van der Waals surface area contributed by atoms with E-state index in [0.29, 0.717) is 0 Å². The second kappa shape index (κ2) is 6.47. The predicted octanol–water partition coefficient (Wildman–Crippen LogP) is 3.24. The van der Waals surface area contributed by atoms with Crippen LogP contribution in [0.4, 0.5) is 11.6 Å². The summed E-state index contributed by atoms with van der Waals surface area (Å²) in [4.78, 5) is 13.1. The summed E-state index contributed by atoms with van der Waals surface area (Å²) in [6.45, 7) is 7.10. The summed E-state index contributed by atoms with van der Waals surface area (Å²) in [6, 6.07) is 0.134. The minimum absolute atomic E-state index is 0.134. The molecule has 0 spiro atoms. The zero-order valence-electron chi connectivity index (χ0n) is 11.5. The van der Waals surface area contributed by atoms with Crippen molar-refractivity contribution < 1.29 is 0 Å². The molecule has 102 valence electrons. The van der Waals surface area contributed by atoms with E-state index >= 15 is 0 Å². The first kappa shape index (κ1) is 13.7. The molecule has 0 radical (unpaired) electrons. The molecule has 2 aromatic rings. The molecule has 0 aliphatic heterocycles. The average molecular weight is 277 g/mol. The van der Waals surface area contributed by atoms with Crippen LogP contribution in [-0.4, -0.2) is 21.5 Å². The molecule has 0 bridgehead atoms. The van der Waals surface area contributed by atoms with E-state index in [2.05, 4.69) is 44.8 Å². The number of thiazole rings is 1. The zero-order valence-corrected chi connectivity index (χ0v) is 12.3. The van der Waals surface area contributed by atoms with Crippen molar-refractivity contribution in [3.8, 4) is 0 Å². The van der Waals surface area contributed by atoms with Crippen molar-refractivity contribution >= 4 is 23.0 Å². The molecule has 0 saturated heterocycles. The molecule has 0 fully saturated rings. The molecular formula is C13H19N5S. The van der Waals surface area contributed by atoms with Gasteiger partial charge in [0.1, 0.15) is 16.6 Å². The smallest absolute Gasteiger partial charge is 0.147 e. The van der Waals surface area contributed by atoms with Crippen molar-refractivity contribution in [3.05, 3.63) is 28.5 Å². The maximum Gasteiger partial charge on any atom is 0.147 e. The van der Waals surface area contributed by atoms with Gasteiger partial charge in [0.2, 0.25) is 0 Å². The molecule has 1 atom stereocenters. The largest absolute Gasteiger partial charge is 0.369 e. The fourth-order valence-corrected chi connectivity index (χ4v) is 2.43. The number of aromatic nitrogens is 3. The molecule has 0 aromatic carbocycles. The lowest BCUT2D eigenvalue weighted by Crippen LogP contribution is -2.10. The molecule has 5 nitrogen and oxygen atoms in total. The lowest BCUT2D eigenvalue weighted by atomic mass is 10.3. The summed E-state index contributed by atoms with van der Waals surface area (Å²) in [7, 11) is 0. The van der Waals surface area contributed by atoms with Gasteiger partial charge in [0.15, 0.2) is 0 Å². The minimum Gasteiger partial charge on any atom is -0.369 e. The van der Waals surface area contributed by atoms with E-state index in [1.165, 1.54) is 0 Å². The van der Waals surface area contributed by atoms with Crippen LogP contribution < -0.4 is 10.6 Å². The molecular weight excluding hydrogens is 258 g/mol. The maximum atomic E-state index is 4.47. The van der Waals surface area contributed by atoms with E-state index in [4.69, 9.17) is 0 Å². The van der Waals surface area contributed by atoms with Crippen LogP contribution in [0.15, 0.2) is 17.8 Å². The van der Waals surface area contributed by atoms with Crippen LogP contribution in [0.1, 0.15) is 37.0 Å². The Labute approximate surface area is 117 Å². The van der Waals surface area contributed by atoms with Crippen LogP contribution in [0, 0.1) is 6.92 Å². The first-order chi connectivity index (χ1) is 9.19. The van der Waals surface area contributed by atoms with Gasteiger partial charge >= 0.3 is 0 Å². The Hall–Kier alpha value is -1.69. The normalized spacial score (nSPS) is 12.2. The zero-order chi connectivity index (χ0) is 13.7. The van der Waals surface area contributed by atoms with Crippen LogP contribution >= 0.6 is 11.3 Å². The molecule has 0 amide bonds. The van der Waals surface area contributed by atoms with Gasteiger partial charge in [-0.15, -0.1) is 11.3 Å². The van der Waals surface area contributed by atoms with Crippen LogP contribution in [0.2, 0.25) is 0 Å². The van der Waals surface area contributed by atoms with E-state index in [-0.39, 0.29) is 6.04 Å². The molecule has 0 saturated carbocycles. The summed E-state index contributed by atoms with van der Waals surface area (Å²) in [5, 5.41) is 9.66. The molecule has 6 heteroatoms. The molecule has 0 aliphatic rings. The molecule has 0 aliphatic carbocycles. The van der Waals surface area contributed by atoms with Crippen LogP contribution in [0.5, 0.6) is 0 Å². The highest BCUT2D eigenvalue weighted by Crippen LogP contribution is 2.21. The summed E-state index contributed by atoms with van der Waals surface area (Å²) in [5.41, 5.74) is 1.05. The van der Waals surface area contributed by atoms with Gasteiger partial charge in [0.25, 0.3) is 0 Å². The lowest BCUT2D eigenvalue weighted by molar-refractivity contribution is 0.852. The fourth-order valence-electron chi connectivity index (χ4n) is 1.63. The number of hydrogen-bond acceptors (Lipinski definition) is 6. The monoisotopic (exact) mass is 277 g/mol. The Morgan fingerprint density at radius 2 is 2.05 bits per heavy atom. The van der Waals surface area contributed by atoms with E-state index in [1.54, 1.807) is 23.7 Å². The van der Waals surface area contributed by atoms with Crippen LogP contribution in [0.25, 0.3) is 0 Å². The van der Waals surface area contributed by atoms with Gasteiger partial charge in [0, 0.05) is 17.6 Å². The Bertz CT molecular complexity index is 525. The number of anilines is 2. The predicted molar refractivity (Wildman–Crippen MR) is 79.7 cm³/mol. The first-order valence-electron chi connectivity index (χ1n) is 6.43. The first-order valence-corrected chi connectivity index (χ1v) is 7.31. The molecule has 19 heavy (non-hydrogen) atoms. The van der Waals surface area contributed by atoms with Crippen LogP contribution in [0.3, 0.4) is 0 Å². The van der Waals surface area contributed by atoms with Gasteiger partial charge in [-0.05, 0) is 20.3 Å². The number of rotatable bonds is 6. The summed E-state index contributed by atoms with van der Waals surface area (Å²) in [6.07, 6.45) is 4.53. The number of nitrogens with one attached hydrogen (secondary N) is 2. The summed E-state index contributed by atoms with van der Waals surface area (Å²) >= 11 is 1.66. The molecule has 2 rings (SSSR count). The molecule has 2 heterocycles. The maximum absolute atomic E-state index is 4.47. The van der Waals surface area contributed by atoms with E-state index < -0.39 is 0 Å². The second-order valence-corrected chi connectivity index (χ2v) is 5.30. The van der Waals surface area contributed by atoms with Crippen molar-refractivity contribution in [1.29, 1.82) is 0 Å². The van der Waals surface area contributed by atoms with E-state index in [9.17, 15) is 0 Å². The quantitative estimate of drug-likeness (QED) is 0.848. The fraction of sp³-hybridized carbons (Fsp3) is 0.462. The standard InChI is InChI=1S/C13H19N5S/c1-4-5-15-11-6-14-7-12(18-11)17-10(3)13-16-9(2)8-19-13/h6-8,10H,4-5H2,1-3H3,(H2,15,17,18). The molecule has 2 aromatic heterocycles. The Kier molecular flexibility index (Phi) is 4.68. The summed E-state index contributed by atoms with van der Waals surface area (Å²) in [5.74, 6) is 1.57. The van der Waals surface area contributed by atoms with Gasteiger partial charge in [-0.2, -0.15) is 0 Å². The third kappa shape index (κ3) is 3.89. The second-order valence-electron chi connectivity index (χ2n) is 4.41. The van der Waals surface area contributed by atoms with Crippen molar-refractivity contribution in [2.24, 2.45) is 0 Å². The number of hydrogen-bond donors (Lipinski definition) is 2. The van der Waals surface area contributed by atoms with Gasteiger partial charge in [0.05, 0.1) is 18.4 Å². The topological polar surface area (TPSA) is 62.7 Å². The minimum atomic E-state index is 0.134. The van der Waals surface area contributed by atoms with Crippen molar-refractivity contribution in [1.82, 2.24) is 15.0 Å². The van der Waals surface area contributed by atoms with E-state index in [1.807, 2.05) is 6.92 Å². The number of aryl methyl sites for hydroxylation is 1. The van der Waals surface area contributed by atoms with E-state index in [0.717, 1.165) is 35.3 Å². The third-order valence-electron chi connectivity index (χ3n) is 2.56. The van der Waals surface area contributed by atoms with Crippen LogP contribution in [-0.2, 0) is 0 Å². The van der Waals surface area contributed by atoms with Crippen molar-refractivity contribution in [2.45, 2.75) is 33.2 Å². The third-order valence-corrected chi connectivity index (χ3v) is 3.71. The van der Waals surface area contributed by atoms with Crippen molar-refractivity contribution in [2.75, 3.05) is 17.2 Å². The van der Waals surface area contributed by atoms with Gasteiger partial charge in [-0.3, -0.25) is 4.98 Å². The van der Waals surface area contributed by atoms with Gasteiger partial charge in [-0.1, -0.05) is 6.92 Å². The molecule has 2 N–H and O–H groups in total. The Morgan fingerprint density at radius 1 is 1.26 bits per heavy atom.